The predicted molar refractivity (Wildman–Crippen MR) is 70.7 cm³/mol. The van der Waals surface area contributed by atoms with Crippen molar-refractivity contribution in [2.45, 2.75) is 26.7 Å². The monoisotopic (exact) mass is 262 g/mol. The second kappa shape index (κ2) is 5.73. The SMILES string of the molecule is CC(C)CC(=O)NNC(=O)c1ccc2c(c1)CCO2. The fourth-order valence-corrected chi connectivity index (χ4v) is 1.95. The van der Waals surface area contributed by atoms with Gasteiger partial charge in [-0.05, 0) is 29.7 Å². The maximum atomic E-state index is 11.9. The predicted octanol–water partition coefficient (Wildman–Crippen LogP) is 1.43. The first kappa shape index (κ1) is 13.4. The molecule has 0 unspecified atom stereocenters. The van der Waals surface area contributed by atoms with E-state index in [1.165, 1.54) is 0 Å². The Hall–Kier alpha value is -2.04. The summed E-state index contributed by atoms with van der Waals surface area (Å²) in [4.78, 5) is 23.3. The van der Waals surface area contributed by atoms with E-state index in [-0.39, 0.29) is 17.7 Å². The van der Waals surface area contributed by atoms with Gasteiger partial charge in [-0.15, -0.1) is 0 Å². The van der Waals surface area contributed by atoms with Crippen LogP contribution in [0.5, 0.6) is 5.75 Å². The number of ether oxygens (including phenoxy) is 1. The first-order valence-electron chi connectivity index (χ1n) is 6.41. The number of nitrogens with one attached hydrogen (secondary N) is 2. The number of benzene rings is 1. The number of hydrogen-bond acceptors (Lipinski definition) is 3. The van der Waals surface area contributed by atoms with Gasteiger partial charge in [0.1, 0.15) is 5.75 Å². The van der Waals surface area contributed by atoms with E-state index in [0.717, 1.165) is 17.7 Å². The van der Waals surface area contributed by atoms with E-state index >= 15 is 0 Å². The molecule has 0 radical (unpaired) electrons. The molecular weight excluding hydrogens is 244 g/mol. The van der Waals surface area contributed by atoms with Crippen LogP contribution in [-0.4, -0.2) is 18.4 Å². The van der Waals surface area contributed by atoms with Crippen molar-refractivity contribution in [1.29, 1.82) is 0 Å². The standard InChI is InChI=1S/C14H18N2O3/c1-9(2)7-13(17)15-16-14(18)11-3-4-12-10(8-11)5-6-19-12/h3-4,8-9H,5-7H2,1-2H3,(H,15,17)(H,16,18). The van der Waals surface area contributed by atoms with Gasteiger partial charge >= 0.3 is 0 Å². The van der Waals surface area contributed by atoms with Crippen LogP contribution in [0, 0.1) is 5.92 Å². The number of carbonyl (C=O) groups is 2. The highest BCUT2D eigenvalue weighted by Crippen LogP contribution is 2.25. The van der Waals surface area contributed by atoms with E-state index in [9.17, 15) is 9.59 Å². The molecule has 1 aromatic rings. The Morgan fingerprint density at radius 3 is 2.84 bits per heavy atom. The van der Waals surface area contributed by atoms with E-state index in [0.29, 0.717) is 18.6 Å². The Balaban J connectivity index is 1.91. The Bertz CT molecular complexity index is 497. The van der Waals surface area contributed by atoms with Gasteiger partial charge in [0.25, 0.3) is 5.91 Å². The number of rotatable bonds is 3. The summed E-state index contributed by atoms with van der Waals surface area (Å²) in [6, 6.07) is 5.27. The molecule has 0 saturated heterocycles. The Labute approximate surface area is 112 Å². The highest BCUT2D eigenvalue weighted by molar-refractivity contribution is 5.95. The third-order valence-corrected chi connectivity index (χ3v) is 2.86. The molecule has 2 N–H and O–H groups in total. The molecule has 5 nitrogen and oxygen atoms in total. The molecule has 0 aromatic heterocycles. The van der Waals surface area contributed by atoms with Gasteiger partial charge in [0.15, 0.2) is 0 Å². The van der Waals surface area contributed by atoms with Crippen LogP contribution < -0.4 is 15.6 Å². The van der Waals surface area contributed by atoms with Gasteiger partial charge in [0.05, 0.1) is 6.61 Å². The molecule has 102 valence electrons. The molecule has 0 aliphatic carbocycles. The molecule has 1 aliphatic heterocycles. The van der Waals surface area contributed by atoms with Gasteiger partial charge < -0.3 is 4.74 Å². The van der Waals surface area contributed by atoms with Crippen molar-refractivity contribution in [3.63, 3.8) is 0 Å². The van der Waals surface area contributed by atoms with Gasteiger partial charge in [-0.1, -0.05) is 13.8 Å². The average molecular weight is 262 g/mol. The Morgan fingerprint density at radius 2 is 2.11 bits per heavy atom. The molecule has 0 atom stereocenters. The minimum Gasteiger partial charge on any atom is -0.493 e. The zero-order valence-electron chi connectivity index (χ0n) is 11.2. The van der Waals surface area contributed by atoms with E-state index in [1.807, 2.05) is 13.8 Å². The lowest BCUT2D eigenvalue weighted by atomic mass is 10.1. The van der Waals surface area contributed by atoms with Crippen LogP contribution in [-0.2, 0) is 11.2 Å². The number of amides is 2. The van der Waals surface area contributed by atoms with E-state index in [2.05, 4.69) is 10.9 Å². The Kier molecular flexibility index (Phi) is 4.04. The zero-order valence-corrected chi connectivity index (χ0v) is 11.2. The largest absolute Gasteiger partial charge is 0.493 e. The number of fused-ring (bicyclic) bond motifs is 1. The lowest BCUT2D eigenvalue weighted by Gasteiger charge is -2.09. The van der Waals surface area contributed by atoms with Gasteiger partial charge in [-0.2, -0.15) is 0 Å². The molecule has 2 rings (SSSR count). The first-order valence-corrected chi connectivity index (χ1v) is 6.41. The summed E-state index contributed by atoms with van der Waals surface area (Å²) < 4.78 is 5.37. The van der Waals surface area contributed by atoms with Crippen LogP contribution in [0.2, 0.25) is 0 Å². The van der Waals surface area contributed by atoms with Crippen molar-refractivity contribution < 1.29 is 14.3 Å². The quantitative estimate of drug-likeness (QED) is 0.810. The van der Waals surface area contributed by atoms with Crippen LogP contribution in [0.25, 0.3) is 0 Å². The third kappa shape index (κ3) is 3.47. The summed E-state index contributed by atoms with van der Waals surface area (Å²) in [6.07, 6.45) is 1.20. The van der Waals surface area contributed by atoms with Crippen molar-refractivity contribution in [1.82, 2.24) is 10.9 Å². The lowest BCUT2D eigenvalue weighted by molar-refractivity contribution is -0.122. The van der Waals surface area contributed by atoms with Gasteiger partial charge in [0, 0.05) is 18.4 Å². The summed E-state index contributed by atoms with van der Waals surface area (Å²) in [5.41, 5.74) is 6.38. The summed E-state index contributed by atoms with van der Waals surface area (Å²) in [7, 11) is 0. The smallest absolute Gasteiger partial charge is 0.269 e. The Morgan fingerprint density at radius 1 is 1.32 bits per heavy atom. The number of hydrogen-bond donors (Lipinski definition) is 2. The summed E-state index contributed by atoms with van der Waals surface area (Å²) >= 11 is 0. The fourth-order valence-electron chi connectivity index (χ4n) is 1.95. The molecular formula is C14H18N2O3. The third-order valence-electron chi connectivity index (χ3n) is 2.86. The lowest BCUT2D eigenvalue weighted by Crippen LogP contribution is -2.42. The molecule has 0 saturated carbocycles. The molecule has 1 aromatic carbocycles. The topological polar surface area (TPSA) is 67.4 Å². The maximum absolute atomic E-state index is 11.9. The fraction of sp³-hybridized carbons (Fsp3) is 0.429. The van der Waals surface area contributed by atoms with E-state index in [1.54, 1.807) is 18.2 Å². The van der Waals surface area contributed by atoms with E-state index in [4.69, 9.17) is 4.74 Å². The summed E-state index contributed by atoms with van der Waals surface area (Å²) in [5, 5.41) is 0. The molecule has 0 bridgehead atoms. The van der Waals surface area contributed by atoms with Crippen LogP contribution in [0.4, 0.5) is 0 Å². The number of carbonyl (C=O) groups excluding carboxylic acids is 2. The van der Waals surface area contributed by atoms with Gasteiger partial charge in [0.2, 0.25) is 5.91 Å². The molecule has 2 amide bonds. The molecule has 19 heavy (non-hydrogen) atoms. The molecule has 1 heterocycles. The van der Waals surface area contributed by atoms with Crippen molar-refractivity contribution in [3.8, 4) is 5.75 Å². The van der Waals surface area contributed by atoms with Gasteiger partial charge in [-0.25, -0.2) is 0 Å². The molecule has 5 heteroatoms. The van der Waals surface area contributed by atoms with E-state index < -0.39 is 0 Å². The summed E-state index contributed by atoms with van der Waals surface area (Å²) in [6.45, 7) is 4.55. The van der Waals surface area contributed by atoms with Crippen LogP contribution in [0.1, 0.15) is 36.2 Å². The molecule has 0 spiro atoms. The molecule has 1 aliphatic rings. The minimum absolute atomic E-state index is 0.187. The first-order chi connectivity index (χ1) is 9.06. The van der Waals surface area contributed by atoms with Crippen LogP contribution in [0.15, 0.2) is 18.2 Å². The minimum atomic E-state index is -0.313. The molecule has 0 fully saturated rings. The van der Waals surface area contributed by atoms with Crippen LogP contribution >= 0.6 is 0 Å². The highest BCUT2D eigenvalue weighted by Gasteiger charge is 2.15. The van der Waals surface area contributed by atoms with Crippen molar-refractivity contribution in [2.24, 2.45) is 5.92 Å². The van der Waals surface area contributed by atoms with Crippen molar-refractivity contribution in [2.75, 3.05) is 6.61 Å². The zero-order chi connectivity index (χ0) is 13.8. The van der Waals surface area contributed by atoms with Crippen molar-refractivity contribution in [3.05, 3.63) is 29.3 Å². The highest BCUT2D eigenvalue weighted by atomic mass is 16.5. The normalized spacial score (nSPS) is 12.8. The summed E-state index contributed by atoms with van der Waals surface area (Å²) in [5.74, 6) is 0.592. The number of hydrazine groups is 1. The maximum Gasteiger partial charge on any atom is 0.269 e. The van der Waals surface area contributed by atoms with Crippen molar-refractivity contribution >= 4 is 11.8 Å². The van der Waals surface area contributed by atoms with Gasteiger partial charge in [-0.3, -0.25) is 20.4 Å². The second-order valence-electron chi connectivity index (χ2n) is 5.02. The average Bonchev–Trinajstić information content (AvgIpc) is 2.82. The van der Waals surface area contributed by atoms with Crippen LogP contribution in [0.3, 0.4) is 0 Å². The second-order valence-corrected chi connectivity index (χ2v) is 5.02.